The van der Waals surface area contributed by atoms with Crippen molar-refractivity contribution in [3.8, 4) is 0 Å². The number of hydrogen-bond acceptors (Lipinski definition) is 4. The number of halogens is 2. The smallest absolute Gasteiger partial charge is 0.290 e. The predicted octanol–water partition coefficient (Wildman–Crippen LogP) is 3.28. The highest BCUT2D eigenvalue weighted by molar-refractivity contribution is 9.10. The number of anilines is 1. The van der Waals surface area contributed by atoms with Crippen molar-refractivity contribution in [2.45, 2.75) is 5.37 Å². The van der Waals surface area contributed by atoms with Gasteiger partial charge < -0.3 is 5.32 Å². The van der Waals surface area contributed by atoms with Gasteiger partial charge in [0.2, 0.25) is 0 Å². The van der Waals surface area contributed by atoms with Crippen molar-refractivity contribution in [3.05, 3.63) is 28.7 Å². The molecule has 7 heteroatoms. The molecule has 4 nitrogen and oxygen atoms in total. The topological polar surface area (TPSA) is 49.4 Å². The Labute approximate surface area is 126 Å². The third-order valence-electron chi connectivity index (χ3n) is 2.38. The van der Waals surface area contributed by atoms with Gasteiger partial charge in [-0.3, -0.25) is 14.5 Å². The standard InChI is InChI=1S/C11H10Br2N2O2S/c12-5-6-15-10(16)9(18-11(15)17)14-8-3-1-7(13)2-4-8/h1-4,9,14H,5-6H2. The Morgan fingerprint density at radius 2 is 1.94 bits per heavy atom. The molecule has 1 saturated heterocycles. The minimum Gasteiger partial charge on any atom is -0.365 e. The highest BCUT2D eigenvalue weighted by Gasteiger charge is 2.39. The fourth-order valence-corrected chi connectivity index (χ4v) is 3.07. The van der Waals surface area contributed by atoms with Crippen molar-refractivity contribution in [1.29, 1.82) is 0 Å². The van der Waals surface area contributed by atoms with E-state index in [1.807, 2.05) is 24.3 Å². The lowest BCUT2D eigenvalue weighted by molar-refractivity contribution is -0.125. The van der Waals surface area contributed by atoms with Gasteiger partial charge in [-0.2, -0.15) is 0 Å². The molecule has 1 aromatic carbocycles. The summed E-state index contributed by atoms with van der Waals surface area (Å²) in [7, 11) is 0. The van der Waals surface area contributed by atoms with Crippen molar-refractivity contribution >= 4 is 60.5 Å². The molecule has 1 aromatic rings. The van der Waals surface area contributed by atoms with Gasteiger partial charge in [-0.1, -0.05) is 31.9 Å². The van der Waals surface area contributed by atoms with Crippen LogP contribution in [0.4, 0.5) is 10.5 Å². The van der Waals surface area contributed by atoms with E-state index in [0.717, 1.165) is 21.9 Å². The molecule has 1 aliphatic rings. The monoisotopic (exact) mass is 392 g/mol. The zero-order chi connectivity index (χ0) is 13.1. The van der Waals surface area contributed by atoms with Crippen LogP contribution in [0.25, 0.3) is 0 Å². The van der Waals surface area contributed by atoms with Crippen molar-refractivity contribution in [2.75, 3.05) is 17.2 Å². The quantitative estimate of drug-likeness (QED) is 0.797. The summed E-state index contributed by atoms with van der Waals surface area (Å²) >= 11 is 7.58. The number of benzene rings is 1. The summed E-state index contributed by atoms with van der Waals surface area (Å²) in [6, 6.07) is 7.47. The van der Waals surface area contributed by atoms with E-state index in [2.05, 4.69) is 37.2 Å². The molecule has 0 aromatic heterocycles. The second-order valence-electron chi connectivity index (χ2n) is 3.59. The molecule has 1 unspecified atom stereocenters. The highest BCUT2D eigenvalue weighted by Crippen LogP contribution is 2.28. The molecule has 0 spiro atoms. The molecule has 1 aliphatic heterocycles. The molecule has 1 N–H and O–H groups in total. The molecular formula is C11H10Br2N2O2S. The van der Waals surface area contributed by atoms with Gasteiger partial charge in [-0.15, -0.1) is 0 Å². The lowest BCUT2D eigenvalue weighted by Gasteiger charge is -2.13. The maximum absolute atomic E-state index is 12.0. The second-order valence-corrected chi connectivity index (χ2v) is 6.36. The summed E-state index contributed by atoms with van der Waals surface area (Å²) in [5.74, 6) is -0.188. The average molecular weight is 394 g/mol. The van der Waals surface area contributed by atoms with Crippen LogP contribution in [0.2, 0.25) is 0 Å². The van der Waals surface area contributed by atoms with E-state index in [-0.39, 0.29) is 11.1 Å². The minimum absolute atomic E-state index is 0.188. The van der Waals surface area contributed by atoms with Crippen LogP contribution >= 0.6 is 43.6 Å². The van der Waals surface area contributed by atoms with Crippen molar-refractivity contribution < 1.29 is 9.59 Å². The lowest BCUT2D eigenvalue weighted by atomic mass is 10.3. The van der Waals surface area contributed by atoms with Crippen molar-refractivity contribution in [2.24, 2.45) is 0 Å². The molecule has 2 rings (SSSR count). The molecule has 0 radical (unpaired) electrons. The van der Waals surface area contributed by atoms with Crippen molar-refractivity contribution in [3.63, 3.8) is 0 Å². The number of thioether (sulfide) groups is 1. The van der Waals surface area contributed by atoms with Crippen molar-refractivity contribution in [1.82, 2.24) is 4.90 Å². The molecular weight excluding hydrogens is 384 g/mol. The average Bonchev–Trinajstić information content (AvgIpc) is 2.60. The number of amides is 2. The number of nitrogens with zero attached hydrogens (tertiary/aromatic N) is 1. The van der Waals surface area contributed by atoms with Gasteiger partial charge >= 0.3 is 0 Å². The van der Waals surface area contributed by atoms with Gasteiger partial charge in [0.1, 0.15) is 0 Å². The van der Waals surface area contributed by atoms with Gasteiger partial charge in [-0.25, -0.2) is 0 Å². The van der Waals surface area contributed by atoms with Crippen LogP contribution in [0.5, 0.6) is 0 Å². The van der Waals surface area contributed by atoms with Gasteiger partial charge in [0.05, 0.1) is 0 Å². The zero-order valence-electron chi connectivity index (χ0n) is 9.23. The normalized spacial score (nSPS) is 19.4. The molecule has 18 heavy (non-hydrogen) atoms. The fourth-order valence-electron chi connectivity index (χ4n) is 1.52. The van der Waals surface area contributed by atoms with Crippen LogP contribution in [0.15, 0.2) is 28.7 Å². The number of carbonyl (C=O) groups excluding carboxylic acids is 2. The Balaban J connectivity index is 2.05. The van der Waals surface area contributed by atoms with Crippen LogP contribution in [-0.2, 0) is 4.79 Å². The first-order chi connectivity index (χ1) is 8.61. The zero-order valence-corrected chi connectivity index (χ0v) is 13.2. The summed E-state index contributed by atoms with van der Waals surface area (Å²) in [5, 5.41) is 2.91. The van der Waals surface area contributed by atoms with Gasteiger partial charge in [0.25, 0.3) is 11.1 Å². The van der Waals surface area contributed by atoms with E-state index in [4.69, 9.17) is 0 Å². The first kappa shape index (κ1) is 13.9. The van der Waals surface area contributed by atoms with Crippen LogP contribution in [0, 0.1) is 0 Å². The number of nitrogens with one attached hydrogen (secondary N) is 1. The van der Waals surface area contributed by atoms with E-state index in [1.54, 1.807) is 0 Å². The van der Waals surface area contributed by atoms with E-state index in [9.17, 15) is 9.59 Å². The summed E-state index contributed by atoms with van der Waals surface area (Å²) in [6.07, 6.45) is 0. The number of carbonyl (C=O) groups is 2. The van der Waals surface area contributed by atoms with Gasteiger partial charge in [0, 0.05) is 22.0 Å². The summed E-state index contributed by atoms with van der Waals surface area (Å²) in [4.78, 5) is 24.9. The molecule has 0 aliphatic carbocycles. The molecule has 0 bridgehead atoms. The molecule has 1 heterocycles. The number of imide groups is 1. The minimum atomic E-state index is -0.530. The Hall–Kier alpha value is -0.530. The molecule has 96 valence electrons. The predicted molar refractivity (Wildman–Crippen MR) is 80.0 cm³/mol. The molecule has 0 saturated carbocycles. The number of rotatable bonds is 4. The maximum atomic E-state index is 12.0. The lowest BCUT2D eigenvalue weighted by Crippen LogP contribution is -2.35. The summed E-state index contributed by atoms with van der Waals surface area (Å²) < 4.78 is 0.968. The molecule has 1 fully saturated rings. The fraction of sp³-hybridized carbons (Fsp3) is 0.273. The third kappa shape index (κ3) is 3.07. The summed E-state index contributed by atoms with van der Waals surface area (Å²) in [5.41, 5.74) is 0.817. The van der Waals surface area contributed by atoms with E-state index in [1.165, 1.54) is 4.90 Å². The highest BCUT2D eigenvalue weighted by atomic mass is 79.9. The van der Waals surface area contributed by atoms with E-state index >= 15 is 0 Å². The molecule has 2 amide bonds. The Bertz CT molecular complexity index is 467. The van der Waals surface area contributed by atoms with Crippen LogP contribution in [-0.4, -0.2) is 33.3 Å². The third-order valence-corrected chi connectivity index (χ3v) is 4.24. The Kier molecular flexibility index (Phi) is 4.69. The Morgan fingerprint density at radius 1 is 1.28 bits per heavy atom. The number of hydrogen-bond donors (Lipinski definition) is 1. The second kappa shape index (κ2) is 6.08. The Morgan fingerprint density at radius 3 is 2.56 bits per heavy atom. The first-order valence-corrected chi connectivity index (χ1v) is 8.01. The number of alkyl halides is 1. The summed E-state index contributed by atoms with van der Waals surface area (Å²) in [6.45, 7) is 0.406. The van der Waals surface area contributed by atoms with Crippen LogP contribution in [0.3, 0.4) is 0 Å². The molecule has 1 atom stereocenters. The maximum Gasteiger partial charge on any atom is 0.290 e. The van der Waals surface area contributed by atoms with Gasteiger partial charge in [0.15, 0.2) is 5.37 Å². The van der Waals surface area contributed by atoms with E-state index < -0.39 is 5.37 Å². The first-order valence-electron chi connectivity index (χ1n) is 5.22. The van der Waals surface area contributed by atoms with E-state index in [0.29, 0.717) is 11.9 Å². The SMILES string of the molecule is O=C1SC(Nc2ccc(Br)cc2)C(=O)N1CCBr. The largest absolute Gasteiger partial charge is 0.365 e. The van der Waals surface area contributed by atoms with Crippen LogP contribution in [0.1, 0.15) is 0 Å². The van der Waals surface area contributed by atoms with Crippen LogP contribution < -0.4 is 5.32 Å². The van der Waals surface area contributed by atoms with Gasteiger partial charge in [-0.05, 0) is 36.0 Å².